The Hall–Kier alpha value is -2.30. The first-order valence-electron chi connectivity index (χ1n) is 13.8. The Kier molecular flexibility index (Phi) is 7.93. The highest BCUT2D eigenvalue weighted by Crippen LogP contribution is 2.67. The molecular weight excluding hydrogens is 618 g/mol. The molecule has 0 aliphatic heterocycles. The zero-order valence-corrected chi connectivity index (χ0v) is 25.5. The molecule has 0 spiro atoms. The Bertz CT molecular complexity index is 1410. The zero-order valence-electron chi connectivity index (χ0n) is 23.3. The second-order valence-corrected chi connectivity index (χ2v) is 14.0. The molecule has 228 valence electrons. The van der Waals surface area contributed by atoms with Gasteiger partial charge in [-0.3, -0.25) is 19.1 Å². The number of Topliss-reactive ketones (excluding diaryl/α,β-unsaturated/α-hetero) is 1. The van der Waals surface area contributed by atoms with E-state index >= 15 is 0 Å². The highest BCUT2D eigenvalue weighted by atomic mass is 35.5. The van der Waals surface area contributed by atoms with Crippen LogP contribution in [0.1, 0.15) is 91.7 Å². The lowest BCUT2D eigenvalue weighted by Gasteiger charge is -2.35. The molecule has 2 aromatic rings. The quantitative estimate of drug-likeness (QED) is 0.309. The van der Waals surface area contributed by atoms with Gasteiger partial charge in [-0.2, -0.15) is 18.3 Å². The Labute approximate surface area is 256 Å². The van der Waals surface area contributed by atoms with E-state index in [1.165, 1.54) is 17.0 Å². The third-order valence-electron chi connectivity index (χ3n) is 9.86. The number of carbonyl (C=O) groups excluding carboxylic acids is 2. The number of aliphatic carboxylic acids is 1. The second kappa shape index (κ2) is 10.7. The maximum atomic E-state index is 14.6. The molecule has 3 saturated carbocycles. The number of amides is 1. The smallest absolute Gasteiger partial charge is 0.433 e. The second-order valence-electron chi connectivity index (χ2n) is 12.7. The standard InChI is InChI=1S/C29H31Cl3F3N3O4/c1-27(2)18-10-16(11-19(18)27)37(13-22(39)23-20(31)8-14(30)9-21(23)32)25(40)17-12-36-38(24(17)29(33,34)35)15-4-6-28(3,7-5-15)26(41)42/h8-9,12,15-16,18-19H,4-7,10-11,13H2,1-3H3,(H,41,42)/t15-,16-,18+,19-,28-. The van der Waals surface area contributed by atoms with Crippen molar-refractivity contribution in [2.75, 3.05) is 6.54 Å². The van der Waals surface area contributed by atoms with Crippen LogP contribution in [-0.4, -0.2) is 50.0 Å². The number of fused-ring (bicyclic) bond motifs is 1. The molecule has 3 aliphatic carbocycles. The van der Waals surface area contributed by atoms with Crippen LogP contribution in [0.25, 0.3) is 0 Å². The summed E-state index contributed by atoms with van der Waals surface area (Å²) < 4.78 is 44.6. The molecule has 3 aliphatic rings. The van der Waals surface area contributed by atoms with Crippen LogP contribution in [0.5, 0.6) is 0 Å². The van der Waals surface area contributed by atoms with Gasteiger partial charge in [-0.1, -0.05) is 48.7 Å². The fraction of sp³-hybridized carbons (Fsp3) is 0.586. The van der Waals surface area contributed by atoms with Crippen molar-refractivity contribution < 1.29 is 32.7 Å². The van der Waals surface area contributed by atoms with Crippen LogP contribution >= 0.6 is 34.8 Å². The zero-order chi connectivity index (χ0) is 30.9. The summed E-state index contributed by atoms with van der Waals surface area (Å²) in [6, 6.07) is 1.50. The number of carbonyl (C=O) groups is 3. The summed E-state index contributed by atoms with van der Waals surface area (Å²) in [5.74, 6) is -1.96. The van der Waals surface area contributed by atoms with E-state index in [9.17, 15) is 32.7 Å². The van der Waals surface area contributed by atoms with E-state index in [0.29, 0.717) is 24.7 Å². The van der Waals surface area contributed by atoms with Gasteiger partial charge in [0.25, 0.3) is 5.91 Å². The van der Waals surface area contributed by atoms with E-state index in [1.54, 1.807) is 6.92 Å². The van der Waals surface area contributed by atoms with Gasteiger partial charge in [-0.05, 0) is 74.8 Å². The lowest BCUT2D eigenvalue weighted by Crippen LogP contribution is -2.44. The molecule has 0 saturated heterocycles. The van der Waals surface area contributed by atoms with Gasteiger partial charge in [0.2, 0.25) is 0 Å². The van der Waals surface area contributed by atoms with Crippen molar-refractivity contribution in [2.24, 2.45) is 22.7 Å². The van der Waals surface area contributed by atoms with Crippen LogP contribution in [-0.2, 0) is 11.0 Å². The van der Waals surface area contributed by atoms with Crippen LogP contribution in [0, 0.1) is 22.7 Å². The molecule has 1 aromatic carbocycles. The number of halogens is 6. The third kappa shape index (κ3) is 5.43. The number of aromatic nitrogens is 2. The molecule has 0 bridgehead atoms. The lowest BCUT2D eigenvalue weighted by molar-refractivity contribution is -0.152. The molecule has 42 heavy (non-hydrogen) atoms. The minimum atomic E-state index is -4.92. The third-order valence-corrected chi connectivity index (χ3v) is 10.7. The van der Waals surface area contributed by atoms with Crippen LogP contribution in [0.4, 0.5) is 13.2 Å². The van der Waals surface area contributed by atoms with Crippen molar-refractivity contribution in [3.8, 4) is 0 Å². The van der Waals surface area contributed by atoms with E-state index in [0.717, 1.165) is 10.9 Å². The molecule has 5 rings (SSSR count). The van der Waals surface area contributed by atoms with Gasteiger partial charge in [0.1, 0.15) is 0 Å². The number of benzene rings is 1. The molecule has 3 atom stereocenters. The number of alkyl halides is 3. The first-order valence-corrected chi connectivity index (χ1v) is 15.0. The minimum Gasteiger partial charge on any atom is -0.481 e. The molecule has 0 radical (unpaired) electrons. The van der Waals surface area contributed by atoms with Gasteiger partial charge >= 0.3 is 12.1 Å². The van der Waals surface area contributed by atoms with Crippen LogP contribution in [0.3, 0.4) is 0 Å². The average molecular weight is 649 g/mol. The van der Waals surface area contributed by atoms with E-state index in [2.05, 4.69) is 18.9 Å². The molecule has 0 unspecified atom stereocenters. The Morgan fingerprint density at radius 3 is 2.10 bits per heavy atom. The highest BCUT2D eigenvalue weighted by Gasteiger charge is 2.63. The first kappa shape index (κ1) is 31.1. The number of hydrogen-bond donors (Lipinski definition) is 1. The Morgan fingerprint density at radius 1 is 1.05 bits per heavy atom. The molecule has 1 N–H and O–H groups in total. The number of carboxylic acids is 1. The van der Waals surface area contributed by atoms with E-state index in [1.807, 2.05) is 0 Å². The number of hydrogen-bond acceptors (Lipinski definition) is 4. The summed E-state index contributed by atoms with van der Waals surface area (Å²) in [6.07, 6.45) is -2.21. The fourth-order valence-corrected chi connectivity index (χ4v) is 8.10. The minimum absolute atomic E-state index is 0.0187. The van der Waals surface area contributed by atoms with Gasteiger partial charge in [0.15, 0.2) is 11.5 Å². The molecule has 13 heteroatoms. The Balaban J connectivity index is 1.48. The lowest BCUT2D eigenvalue weighted by atomic mass is 9.74. The van der Waals surface area contributed by atoms with Crippen LogP contribution in [0.2, 0.25) is 15.1 Å². The first-order chi connectivity index (χ1) is 19.5. The average Bonchev–Trinajstić information content (AvgIpc) is 3.30. The van der Waals surface area contributed by atoms with E-state index < -0.39 is 59.1 Å². The summed E-state index contributed by atoms with van der Waals surface area (Å²) in [7, 11) is 0. The largest absolute Gasteiger partial charge is 0.481 e. The van der Waals surface area contributed by atoms with Crippen molar-refractivity contribution in [1.29, 1.82) is 0 Å². The van der Waals surface area contributed by atoms with Crippen molar-refractivity contribution in [2.45, 2.75) is 77.6 Å². The maximum Gasteiger partial charge on any atom is 0.433 e. The summed E-state index contributed by atoms with van der Waals surface area (Å²) in [6.45, 7) is 5.30. The highest BCUT2D eigenvalue weighted by molar-refractivity contribution is 6.42. The summed E-state index contributed by atoms with van der Waals surface area (Å²) >= 11 is 18.5. The van der Waals surface area contributed by atoms with Gasteiger partial charge in [0, 0.05) is 11.1 Å². The van der Waals surface area contributed by atoms with Crippen LogP contribution in [0.15, 0.2) is 18.3 Å². The Morgan fingerprint density at radius 2 is 1.60 bits per heavy atom. The van der Waals surface area contributed by atoms with E-state index in [-0.39, 0.29) is 51.7 Å². The molecular formula is C29H31Cl3F3N3O4. The summed E-state index contributed by atoms with van der Waals surface area (Å²) in [5.41, 5.74) is -2.85. The topological polar surface area (TPSA) is 92.5 Å². The summed E-state index contributed by atoms with van der Waals surface area (Å²) in [4.78, 5) is 40.4. The van der Waals surface area contributed by atoms with Crippen LogP contribution < -0.4 is 0 Å². The number of nitrogens with zero attached hydrogens (tertiary/aromatic N) is 3. The van der Waals surface area contributed by atoms with Crippen molar-refractivity contribution >= 4 is 52.5 Å². The molecule has 1 aromatic heterocycles. The van der Waals surface area contributed by atoms with Gasteiger partial charge in [-0.25, -0.2) is 0 Å². The molecule has 1 amide bonds. The SMILES string of the molecule is CC1(C)[C@@H]2C[C@H](N(CC(=O)c3c(Cl)cc(Cl)cc3Cl)C(=O)c3cnn([C@H]4CC[C@](C)(C(=O)O)CC4)c3C(F)(F)F)C[C@@H]21. The summed E-state index contributed by atoms with van der Waals surface area (Å²) in [5, 5.41) is 13.7. The van der Waals surface area contributed by atoms with Gasteiger partial charge in [0.05, 0.1) is 45.4 Å². The molecule has 1 heterocycles. The van der Waals surface area contributed by atoms with Crippen molar-refractivity contribution in [1.82, 2.24) is 14.7 Å². The molecule has 7 nitrogen and oxygen atoms in total. The maximum absolute atomic E-state index is 14.6. The van der Waals surface area contributed by atoms with Gasteiger partial charge in [-0.15, -0.1) is 0 Å². The van der Waals surface area contributed by atoms with Crippen molar-refractivity contribution in [3.63, 3.8) is 0 Å². The predicted molar refractivity (Wildman–Crippen MR) is 151 cm³/mol. The number of ketones is 1. The van der Waals surface area contributed by atoms with E-state index in [4.69, 9.17) is 34.8 Å². The number of rotatable bonds is 7. The van der Waals surface area contributed by atoms with Crippen molar-refractivity contribution in [3.05, 3.63) is 50.2 Å². The normalized spacial score (nSPS) is 28.3. The monoisotopic (exact) mass is 647 g/mol. The number of carboxylic acid groups (broad SMARTS) is 1. The predicted octanol–water partition coefficient (Wildman–Crippen LogP) is 7.83. The fourth-order valence-electron chi connectivity index (χ4n) is 7.07. The molecule has 3 fully saturated rings. The van der Waals surface area contributed by atoms with Gasteiger partial charge < -0.3 is 10.0 Å².